The quantitative estimate of drug-likeness (QED) is 0.732. The van der Waals surface area contributed by atoms with Gasteiger partial charge in [-0.15, -0.1) is 34.4 Å². The second kappa shape index (κ2) is 6.62. The lowest BCUT2D eigenvalue weighted by molar-refractivity contribution is -0.130. The summed E-state index contributed by atoms with van der Waals surface area (Å²) < 4.78 is 1.09. The summed E-state index contributed by atoms with van der Waals surface area (Å²) in [6.07, 6.45) is 1.30. The molecule has 2 amide bonds. The Labute approximate surface area is 154 Å². The normalized spacial score (nSPS) is 14.4. The maximum absolute atomic E-state index is 12.8. The minimum Gasteiger partial charge on any atom is -0.323 e. The summed E-state index contributed by atoms with van der Waals surface area (Å²) in [6.45, 7) is -0.0717. The van der Waals surface area contributed by atoms with Gasteiger partial charge >= 0.3 is 0 Å². The largest absolute Gasteiger partial charge is 0.323 e. The van der Waals surface area contributed by atoms with E-state index in [0.717, 1.165) is 15.1 Å². The number of hydrogen-bond acceptors (Lipinski definition) is 7. The summed E-state index contributed by atoms with van der Waals surface area (Å²) in [7, 11) is 0. The zero-order valence-corrected chi connectivity index (χ0v) is 15.2. The standard InChI is InChI=1S/C15H12N4O3S3/c20-11(4-18-8-23-6-12(18)21)17-19-7-16-14-13(15(19)22)9(5-25-14)10-2-1-3-24-10/h1-3,5,7H,4,6,8H2,(H,17,20). The van der Waals surface area contributed by atoms with Crippen LogP contribution in [-0.2, 0) is 9.59 Å². The molecule has 1 saturated heterocycles. The monoisotopic (exact) mass is 392 g/mol. The van der Waals surface area contributed by atoms with Crippen molar-refractivity contribution >= 4 is 56.5 Å². The summed E-state index contributed by atoms with van der Waals surface area (Å²) in [6, 6.07) is 3.86. The molecule has 0 bridgehead atoms. The van der Waals surface area contributed by atoms with Crippen LogP contribution in [0.25, 0.3) is 20.7 Å². The second-order valence-corrected chi connectivity index (χ2v) is 8.09. The van der Waals surface area contributed by atoms with Gasteiger partial charge in [0.1, 0.15) is 17.7 Å². The number of fused-ring (bicyclic) bond motifs is 1. The lowest BCUT2D eigenvalue weighted by atomic mass is 10.2. The van der Waals surface area contributed by atoms with E-state index in [2.05, 4.69) is 10.4 Å². The van der Waals surface area contributed by atoms with Gasteiger partial charge in [-0.25, -0.2) is 9.66 Å². The van der Waals surface area contributed by atoms with Crippen molar-refractivity contribution in [2.45, 2.75) is 0 Å². The number of thioether (sulfide) groups is 1. The number of amides is 2. The van der Waals surface area contributed by atoms with Crippen molar-refractivity contribution in [2.24, 2.45) is 0 Å². The van der Waals surface area contributed by atoms with Gasteiger partial charge in [0.15, 0.2) is 0 Å². The topological polar surface area (TPSA) is 84.3 Å². The second-order valence-electron chi connectivity index (χ2n) is 5.33. The molecule has 0 saturated carbocycles. The summed E-state index contributed by atoms with van der Waals surface area (Å²) in [5.74, 6) is 0.386. The molecule has 1 fully saturated rings. The zero-order chi connectivity index (χ0) is 17.4. The molecule has 1 aliphatic heterocycles. The van der Waals surface area contributed by atoms with Gasteiger partial charge in [-0.3, -0.25) is 19.8 Å². The van der Waals surface area contributed by atoms with Crippen LogP contribution >= 0.6 is 34.4 Å². The Morgan fingerprint density at radius 3 is 2.92 bits per heavy atom. The predicted molar refractivity (Wildman–Crippen MR) is 101 cm³/mol. The van der Waals surface area contributed by atoms with Gasteiger partial charge in [0.2, 0.25) is 5.91 Å². The molecule has 25 heavy (non-hydrogen) atoms. The van der Waals surface area contributed by atoms with Crippen LogP contribution in [0, 0.1) is 0 Å². The Hall–Kier alpha value is -2.17. The third-order valence-corrected chi connectivity index (χ3v) is 6.42. The first-order chi connectivity index (χ1) is 12.1. The van der Waals surface area contributed by atoms with Crippen LogP contribution in [0.3, 0.4) is 0 Å². The van der Waals surface area contributed by atoms with Crippen molar-refractivity contribution in [3.63, 3.8) is 0 Å². The fraction of sp³-hybridized carbons (Fsp3) is 0.200. The van der Waals surface area contributed by atoms with E-state index >= 15 is 0 Å². The lowest BCUT2D eigenvalue weighted by Crippen LogP contribution is -2.40. The molecule has 4 heterocycles. The molecule has 0 unspecified atom stereocenters. The lowest BCUT2D eigenvalue weighted by Gasteiger charge is -2.14. The van der Waals surface area contributed by atoms with E-state index in [1.165, 1.54) is 34.3 Å². The fourth-order valence-corrected chi connectivity index (χ4v) is 5.13. The van der Waals surface area contributed by atoms with Crippen LogP contribution in [0.1, 0.15) is 0 Å². The fourth-order valence-electron chi connectivity index (χ4n) is 2.51. The highest BCUT2D eigenvalue weighted by molar-refractivity contribution is 8.00. The zero-order valence-electron chi connectivity index (χ0n) is 12.8. The van der Waals surface area contributed by atoms with Crippen molar-refractivity contribution < 1.29 is 9.59 Å². The van der Waals surface area contributed by atoms with Gasteiger partial charge in [-0.05, 0) is 11.4 Å². The number of nitrogens with one attached hydrogen (secondary N) is 1. The third kappa shape index (κ3) is 3.08. The number of rotatable bonds is 4. The third-order valence-electron chi connectivity index (χ3n) is 3.69. The van der Waals surface area contributed by atoms with E-state index in [1.54, 1.807) is 11.3 Å². The van der Waals surface area contributed by atoms with Crippen molar-refractivity contribution in [3.05, 3.63) is 39.6 Å². The van der Waals surface area contributed by atoms with Crippen LogP contribution < -0.4 is 11.0 Å². The highest BCUT2D eigenvalue weighted by Crippen LogP contribution is 2.33. The number of hydrogen-bond donors (Lipinski definition) is 1. The molecule has 3 aromatic heterocycles. The molecule has 4 rings (SSSR count). The van der Waals surface area contributed by atoms with Gasteiger partial charge in [-0.1, -0.05) is 6.07 Å². The first-order valence-corrected chi connectivity index (χ1v) is 10.2. The minimum absolute atomic E-state index is 0.0705. The number of nitrogens with zero attached hydrogens (tertiary/aromatic N) is 3. The molecule has 0 radical (unpaired) electrons. The van der Waals surface area contributed by atoms with E-state index in [0.29, 0.717) is 21.8 Å². The number of aromatic nitrogens is 2. The molecular formula is C15H12N4O3S3. The van der Waals surface area contributed by atoms with Gasteiger partial charge < -0.3 is 4.90 Å². The molecule has 1 aliphatic rings. The van der Waals surface area contributed by atoms with Crippen molar-refractivity contribution in [1.82, 2.24) is 14.6 Å². The highest BCUT2D eigenvalue weighted by Gasteiger charge is 2.23. The Morgan fingerprint density at radius 1 is 1.32 bits per heavy atom. The van der Waals surface area contributed by atoms with Crippen LogP contribution in [0.15, 0.2) is 34.0 Å². The maximum atomic E-state index is 12.8. The van der Waals surface area contributed by atoms with Crippen LogP contribution in [0.2, 0.25) is 0 Å². The molecule has 0 aromatic carbocycles. The molecule has 7 nitrogen and oxygen atoms in total. The number of carbonyl (C=O) groups excluding carboxylic acids is 2. The summed E-state index contributed by atoms with van der Waals surface area (Å²) in [5, 5.41) is 4.33. The van der Waals surface area contributed by atoms with E-state index < -0.39 is 5.91 Å². The van der Waals surface area contributed by atoms with E-state index in [1.807, 2.05) is 22.9 Å². The van der Waals surface area contributed by atoms with Crippen LogP contribution in [-0.4, -0.2) is 44.5 Å². The Balaban J connectivity index is 1.63. The summed E-state index contributed by atoms with van der Waals surface area (Å²) in [5.41, 5.74) is 3.01. The van der Waals surface area contributed by atoms with Crippen molar-refractivity contribution in [2.75, 3.05) is 23.6 Å². The van der Waals surface area contributed by atoms with Gasteiger partial charge in [0.05, 0.1) is 17.0 Å². The molecule has 128 valence electrons. The molecule has 0 spiro atoms. The Morgan fingerprint density at radius 2 is 2.20 bits per heavy atom. The highest BCUT2D eigenvalue weighted by atomic mass is 32.2. The average Bonchev–Trinajstić information content (AvgIpc) is 3.31. The van der Waals surface area contributed by atoms with Crippen LogP contribution in [0.4, 0.5) is 0 Å². The summed E-state index contributed by atoms with van der Waals surface area (Å²) >= 11 is 4.40. The molecule has 10 heteroatoms. The molecule has 0 aliphatic carbocycles. The van der Waals surface area contributed by atoms with E-state index in [9.17, 15) is 14.4 Å². The maximum Gasteiger partial charge on any atom is 0.281 e. The molecule has 0 atom stereocenters. The minimum atomic E-state index is -0.424. The van der Waals surface area contributed by atoms with Gasteiger partial charge in [-0.2, -0.15) is 0 Å². The number of carbonyl (C=O) groups is 2. The first kappa shape index (κ1) is 16.3. The molecular weight excluding hydrogens is 380 g/mol. The first-order valence-electron chi connectivity index (χ1n) is 7.31. The Bertz CT molecular complexity index is 1010. The SMILES string of the molecule is O=C(CN1CSCC1=O)Nn1cnc2scc(-c3cccs3)c2c1=O. The van der Waals surface area contributed by atoms with E-state index in [4.69, 9.17) is 0 Å². The Kier molecular flexibility index (Phi) is 4.32. The van der Waals surface area contributed by atoms with Crippen molar-refractivity contribution in [1.29, 1.82) is 0 Å². The number of thiophene rings is 2. The van der Waals surface area contributed by atoms with Crippen molar-refractivity contribution in [3.8, 4) is 10.4 Å². The average molecular weight is 392 g/mol. The molecule has 3 aromatic rings. The predicted octanol–water partition coefficient (Wildman–Crippen LogP) is 1.79. The summed E-state index contributed by atoms with van der Waals surface area (Å²) in [4.78, 5) is 43.9. The van der Waals surface area contributed by atoms with Gasteiger partial charge in [0.25, 0.3) is 11.5 Å². The molecule has 1 N–H and O–H groups in total. The smallest absolute Gasteiger partial charge is 0.281 e. The van der Waals surface area contributed by atoms with E-state index in [-0.39, 0.29) is 18.0 Å². The van der Waals surface area contributed by atoms with Crippen LogP contribution in [0.5, 0.6) is 0 Å². The van der Waals surface area contributed by atoms with Gasteiger partial charge in [0, 0.05) is 15.8 Å².